The molecule has 1 heterocycles. The van der Waals surface area contributed by atoms with Gasteiger partial charge in [-0.15, -0.1) is 6.58 Å². The predicted molar refractivity (Wildman–Crippen MR) is 113 cm³/mol. The van der Waals surface area contributed by atoms with Crippen LogP contribution < -0.4 is 14.5 Å². The van der Waals surface area contributed by atoms with Gasteiger partial charge in [0.25, 0.3) is 5.91 Å². The highest BCUT2D eigenvalue weighted by Gasteiger charge is 2.37. The summed E-state index contributed by atoms with van der Waals surface area (Å²) in [6.07, 6.45) is 3.44. The lowest BCUT2D eigenvalue weighted by Gasteiger charge is -2.16. The average molecular weight is 466 g/mol. The number of halogens is 5. The van der Waals surface area contributed by atoms with E-state index in [9.17, 15) is 26.7 Å². The van der Waals surface area contributed by atoms with Crippen LogP contribution in [0.15, 0.2) is 35.5 Å². The number of carbonyl (C=O) groups excluding carboxylic acids is 1. The Labute approximate surface area is 186 Å². The van der Waals surface area contributed by atoms with Crippen LogP contribution in [0.25, 0.3) is 6.08 Å². The molecule has 0 saturated carbocycles. The molecule has 0 fully saturated rings. The molecule has 0 atom stereocenters. The van der Waals surface area contributed by atoms with Gasteiger partial charge in [0.05, 0.1) is 25.0 Å². The molecule has 0 spiro atoms. The maximum Gasteiger partial charge on any atom is 0.280 e. The molecule has 0 unspecified atom stereocenters. The minimum atomic E-state index is -2.33. The van der Waals surface area contributed by atoms with E-state index < -0.39 is 40.7 Å². The van der Waals surface area contributed by atoms with Gasteiger partial charge in [0, 0.05) is 5.56 Å². The number of nitrogens with zero attached hydrogens (tertiary/aromatic N) is 2. The average Bonchev–Trinajstić information content (AvgIpc) is 3.06. The first-order valence-electron chi connectivity index (χ1n) is 9.73. The van der Waals surface area contributed by atoms with Crippen molar-refractivity contribution in [2.45, 2.75) is 20.3 Å². The summed E-state index contributed by atoms with van der Waals surface area (Å²) >= 11 is 0. The van der Waals surface area contributed by atoms with Crippen molar-refractivity contribution in [3.05, 3.63) is 70.6 Å². The van der Waals surface area contributed by atoms with Crippen LogP contribution in [0.3, 0.4) is 0 Å². The zero-order valence-corrected chi connectivity index (χ0v) is 17.9. The van der Waals surface area contributed by atoms with Crippen LogP contribution >= 0.6 is 0 Å². The predicted octanol–water partition coefficient (Wildman–Crippen LogP) is 5.32. The van der Waals surface area contributed by atoms with Gasteiger partial charge in [-0.1, -0.05) is 6.08 Å². The first-order valence-corrected chi connectivity index (χ1v) is 9.73. The molecular weight excluding hydrogens is 447 g/mol. The molecule has 1 aliphatic rings. The maximum atomic E-state index is 14.2. The highest BCUT2D eigenvalue weighted by molar-refractivity contribution is 6.32. The van der Waals surface area contributed by atoms with Crippen molar-refractivity contribution in [1.29, 1.82) is 0 Å². The highest BCUT2D eigenvalue weighted by atomic mass is 19.2. The van der Waals surface area contributed by atoms with E-state index >= 15 is 0 Å². The summed E-state index contributed by atoms with van der Waals surface area (Å²) in [6, 6.07) is 3.27. The first-order chi connectivity index (χ1) is 15.7. The third kappa shape index (κ3) is 4.20. The largest absolute Gasteiger partial charge is 0.493 e. The zero-order valence-electron chi connectivity index (χ0n) is 17.9. The quantitative estimate of drug-likeness (QED) is 0.182. The van der Waals surface area contributed by atoms with E-state index in [1.807, 2.05) is 0 Å². The molecule has 3 rings (SSSR count). The molecule has 0 radical (unpaired) electrons. The first kappa shape index (κ1) is 24.0. The van der Waals surface area contributed by atoms with Gasteiger partial charge in [0.1, 0.15) is 5.69 Å². The Balaban J connectivity index is 2.10. The number of methoxy groups -OCH3 is 1. The van der Waals surface area contributed by atoms with Crippen molar-refractivity contribution in [2.24, 2.45) is 5.10 Å². The molecule has 0 saturated heterocycles. The molecule has 0 N–H and O–H groups in total. The summed E-state index contributed by atoms with van der Waals surface area (Å²) in [7, 11) is 1.44. The number of allylic oxidation sites excluding steroid dienone is 1. The molecule has 0 aliphatic carbocycles. The number of benzene rings is 2. The number of hydrogen-bond donors (Lipinski definition) is 0. The van der Waals surface area contributed by atoms with Gasteiger partial charge < -0.3 is 9.47 Å². The van der Waals surface area contributed by atoms with Crippen LogP contribution in [-0.2, 0) is 11.2 Å². The molecule has 2 aromatic rings. The number of hydrogen-bond acceptors (Lipinski definition) is 4. The number of amides is 1. The third-order valence-corrected chi connectivity index (χ3v) is 4.80. The standard InChI is InChI=1S/C23H19F5N2O3/c1-5-7-13-8-12(10-15(32-4)22(13)33-6-2)9-14-11(3)29-30(23(14)31)21-19(27)17(25)16(24)18(26)20(21)28/h5,8-10H,1,6-7H2,2-4H3/b14-9+. The summed E-state index contributed by atoms with van der Waals surface area (Å²) in [5.74, 6) is -11.2. The SMILES string of the molecule is C=CCc1cc(/C=C2/C(=O)N(c3c(F)c(F)c(F)c(F)c3F)N=C2C)cc(OC)c1OCC. The lowest BCUT2D eigenvalue weighted by molar-refractivity contribution is -0.114. The lowest BCUT2D eigenvalue weighted by Crippen LogP contribution is -2.25. The molecule has 1 aliphatic heterocycles. The van der Waals surface area contributed by atoms with Crippen molar-refractivity contribution in [2.75, 3.05) is 18.7 Å². The Morgan fingerprint density at radius 3 is 2.21 bits per heavy atom. The van der Waals surface area contributed by atoms with Gasteiger partial charge in [0.2, 0.25) is 5.82 Å². The zero-order chi connectivity index (χ0) is 24.4. The summed E-state index contributed by atoms with van der Waals surface area (Å²) < 4.78 is 80.1. The van der Waals surface area contributed by atoms with Crippen LogP contribution in [0.4, 0.5) is 27.6 Å². The lowest BCUT2D eigenvalue weighted by atomic mass is 10.0. The molecule has 2 aromatic carbocycles. The van der Waals surface area contributed by atoms with E-state index in [0.29, 0.717) is 35.7 Å². The molecule has 174 valence electrons. The second-order valence-electron chi connectivity index (χ2n) is 6.92. The van der Waals surface area contributed by atoms with E-state index in [1.165, 1.54) is 20.1 Å². The van der Waals surface area contributed by atoms with Gasteiger partial charge in [-0.3, -0.25) is 4.79 Å². The van der Waals surface area contributed by atoms with Crippen LogP contribution in [0.1, 0.15) is 25.0 Å². The molecular formula is C23H19F5N2O3. The third-order valence-electron chi connectivity index (χ3n) is 4.80. The van der Waals surface area contributed by atoms with Crippen LogP contribution in [0.5, 0.6) is 11.5 Å². The minimum absolute atomic E-state index is 0.0158. The molecule has 5 nitrogen and oxygen atoms in total. The summed E-state index contributed by atoms with van der Waals surface area (Å²) in [5.41, 5.74) is -0.369. The second kappa shape index (κ2) is 9.43. The van der Waals surface area contributed by atoms with Gasteiger partial charge in [-0.05, 0) is 44.0 Å². The van der Waals surface area contributed by atoms with Crippen LogP contribution in [0, 0.1) is 29.1 Å². The topological polar surface area (TPSA) is 51.1 Å². The maximum absolute atomic E-state index is 14.2. The van der Waals surface area contributed by atoms with Crippen molar-refractivity contribution in [1.82, 2.24) is 0 Å². The number of anilines is 1. The van der Waals surface area contributed by atoms with Gasteiger partial charge in [0.15, 0.2) is 34.8 Å². The normalized spacial score (nSPS) is 14.7. The number of ether oxygens (including phenoxy) is 2. The summed E-state index contributed by atoms with van der Waals surface area (Å²) in [5, 5.41) is 3.88. The van der Waals surface area contributed by atoms with Crippen molar-refractivity contribution in [3.63, 3.8) is 0 Å². The van der Waals surface area contributed by atoms with Crippen LogP contribution in [0.2, 0.25) is 0 Å². The van der Waals surface area contributed by atoms with Gasteiger partial charge >= 0.3 is 0 Å². The van der Waals surface area contributed by atoms with E-state index in [-0.39, 0.29) is 16.3 Å². The Hall–Kier alpha value is -3.69. The summed E-state index contributed by atoms with van der Waals surface area (Å²) in [6.45, 7) is 7.25. The fourth-order valence-electron chi connectivity index (χ4n) is 3.32. The molecule has 33 heavy (non-hydrogen) atoms. The summed E-state index contributed by atoms with van der Waals surface area (Å²) in [4.78, 5) is 12.9. The van der Waals surface area contributed by atoms with E-state index in [2.05, 4.69) is 11.7 Å². The molecule has 0 aromatic heterocycles. The Kier molecular flexibility index (Phi) is 6.85. The van der Waals surface area contributed by atoms with Gasteiger partial charge in [-0.25, -0.2) is 22.0 Å². The van der Waals surface area contributed by atoms with E-state index in [1.54, 1.807) is 25.1 Å². The minimum Gasteiger partial charge on any atom is -0.493 e. The Morgan fingerprint density at radius 1 is 1.06 bits per heavy atom. The number of hydrazone groups is 1. The monoisotopic (exact) mass is 466 g/mol. The molecule has 0 bridgehead atoms. The molecule has 10 heteroatoms. The fraction of sp³-hybridized carbons (Fsp3) is 0.217. The van der Waals surface area contributed by atoms with Crippen LogP contribution in [-0.4, -0.2) is 25.3 Å². The van der Waals surface area contributed by atoms with E-state index in [0.717, 1.165) is 0 Å². The van der Waals surface area contributed by atoms with Crippen molar-refractivity contribution >= 4 is 23.4 Å². The Morgan fingerprint density at radius 2 is 1.67 bits per heavy atom. The van der Waals surface area contributed by atoms with Crippen molar-refractivity contribution in [3.8, 4) is 11.5 Å². The van der Waals surface area contributed by atoms with E-state index in [4.69, 9.17) is 9.47 Å². The second-order valence-corrected chi connectivity index (χ2v) is 6.92. The highest BCUT2D eigenvalue weighted by Crippen LogP contribution is 2.36. The number of rotatable bonds is 7. The van der Waals surface area contributed by atoms with Gasteiger partial charge in [-0.2, -0.15) is 10.1 Å². The smallest absolute Gasteiger partial charge is 0.280 e. The Bertz CT molecular complexity index is 1180. The molecule has 1 amide bonds. The fourth-order valence-corrected chi connectivity index (χ4v) is 3.32. The van der Waals surface area contributed by atoms with Crippen molar-refractivity contribution < 1.29 is 36.2 Å². The number of carbonyl (C=O) groups is 1.